The number of ether oxygens (including phenoxy) is 6. The molecule has 4 fully saturated rings. The van der Waals surface area contributed by atoms with Crippen LogP contribution in [0.25, 0.3) is 0 Å². The quantitative estimate of drug-likeness (QED) is 0.0193. The number of benzene rings is 7. The largest absolute Gasteiger partial charge is 1.00 e. The molecule has 11 rings (SSSR count). The molecule has 7 aromatic carbocycles. The van der Waals surface area contributed by atoms with E-state index in [9.17, 15) is 38.5 Å². The monoisotopic (exact) mass is 1660 g/mol. The molecular weight excluding hydrogens is 1560 g/mol. The summed E-state index contributed by atoms with van der Waals surface area (Å²) in [6.07, 6.45) is 13.0. The van der Waals surface area contributed by atoms with E-state index in [-0.39, 0.29) is 171 Å². The molecule has 0 spiro atoms. The van der Waals surface area contributed by atoms with Gasteiger partial charge in [-0.05, 0) is 224 Å². The van der Waals surface area contributed by atoms with Crippen LogP contribution in [-0.4, -0.2) is 135 Å². The summed E-state index contributed by atoms with van der Waals surface area (Å²) < 4.78 is 69.2. The summed E-state index contributed by atoms with van der Waals surface area (Å²) in [5, 5.41) is 95.9. The third-order valence-corrected chi connectivity index (χ3v) is 19.5. The number of carbonyl (C=O) groups excluding carboxylic acids is 2. The first-order valence-electron chi connectivity index (χ1n) is 33.9. The number of nitrogens with zero attached hydrogens (tertiary/aromatic N) is 3. The Balaban J connectivity index is -0.000000650. The Morgan fingerprint density at radius 3 is 1.17 bits per heavy atom. The average molecular weight is 1660 g/mol. The molecule has 25 nitrogen and oxygen atoms in total. The minimum Gasteiger partial charge on any atom is -1.00 e. The Bertz CT molecular complexity index is 4000. The van der Waals surface area contributed by atoms with Crippen LogP contribution in [0.15, 0.2) is 152 Å². The van der Waals surface area contributed by atoms with Crippen LogP contribution in [-0.2, 0) is 9.68 Å². The molecule has 0 heterocycles. The Morgan fingerprint density at radius 1 is 0.496 bits per heavy atom. The summed E-state index contributed by atoms with van der Waals surface area (Å²) in [6, 6.07) is 42.0. The number of thiol groups is 1. The second-order valence-corrected chi connectivity index (χ2v) is 27.1. The van der Waals surface area contributed by atoms with Crippen LogP contribution in [0.5, 0.6) is 34.5 Å². The number of halogens is 3. The van der Waals surface area contributed by atoms with Gasteiger partial charge in [-0.1, -0.05) is 38.4 Å². The van der Waals surface area contributed by atoms with Crippen LogP contribution in [0.2, 0.25) is 0 Å². The molecule has 604 valence electrons. The minimum absolute atomic E-state index is 0. The number of nitriles is 3. The second kappa shape index (κ2) is 61.9. The Morgan fingerprint density at radius 2 is 0.823 bits per heavy atom. The number of methoxy groups -OCH3 is 6. The Labute approximate surface area is 742 Å². The summed E-state index contributed by atoms with van der Waals surface area (Å²) in [4.78, 5) is 27.7. The fourth-order valence-electron chi connectivity index (χ4n) is 11.2. The van der Waals surface area contributed by atoms with Crippen LogP contribution < -0.4 is 155 Å². The van der Waals surface area contributed by atoms with Crippen molar-refractivity contribution in [3.63, 3.8) is 0 Å². The number of hydrogen-bond acceptors (Lipinski definition) is 26. The van der Waals surface area contributed by atoms with Gasteiger partial charge in [0.25, 0.3) is 12.4 Å². The van der Waals surface area contributed by atoms with Crippen molar-refractivity contribution in [2.45, 2.75) is 191 Å². The number of carbonyl (C=O) groups is 2. The zero-order chi connectivity index (χ0) is 78.8. The van der Waals surface area contributed by atoms with E-state index in [0.717, 1.165) is 185 Å². The summed E-state index contributed by atoms with van der Waals surface area (Å²) >= 11 is 7.29. The SMILES string of the molecule is C.C.COc1ccc(OC)c(S)c1.COc1ccc(OC)c(Sc2ccc(C#N)c(NC3CCC(O)CC3)c2)c1.COc1ccc(OC)c(Sc2ccc(C(N)=O)c(NC3CCC(O)CC3)c2)c1.N#Cc1ccc(F)cc1F.N#Cc1ccc(F)cc1NC1CCC(O)CC1.NC1CCC(O)CC1.O.O=CO[O-].[H-].[Na+].[Na+].[Na+].[O-]O. The molecule has 14 N–H and O–H groups in total. The number of aliphatic hydroxyl groups is 4. The molecule has 0 aromatic heterocycles. The molecule has 0 unspecified atom stereocenters. The number of aliphatic hydroxyl groups excluding tert-OH is 4. The van der Waals surface area contributed by atoms with Gasteiger partial charge in [0.05, 0.1) is 110 Å². The molecule has 4 aliphatic rings. The van der Waals surface area contributed by atoms with E-state index in [1.54, 1.807) is 66.6 Å². The van der Waals surface area contributed by atoms with Crippen molar-refractivity contribution in [1.82, 2.24) is 0 Å². The molecule has 4 saturated carbocycles. The van der Waals surface area contributed by atoms with Crippen LogP contribution in [0.4, 0.5) is 30.2 Å². The smallest absolute Gasteiger partial charge is 1.00 e. The van der Waals surface area contributed by atoms with Crippen molar-refractivity contribution in [3.05, 3.63) is 167 Å². The van der Waals surface area contributed by atoms with E-state index in [1.165, 1.54) is 30.0 Å². The molecule has 0 saturated heterocycles. The number of nitrogens with two attached hydrogens (primary N) is 2. The zero-order valence-corrected chi connectivity index (χ0v) is 72.3. The van der Waals surface area contributed by atoms with Gasteiger partial charge in [-0.2, -0.15) is 15.8 Å². The van der Waals surface area contributed by atoms with Gasteiger partial charge in [-0.25, -0.2) is 13.2 Å². The molecule has 7 aromatic rings. The maximum atomic E-state index is 13.1. The standard InChI is InChI=1S/C21H26N2O4S.C21H24N2O3S.C13H15FN2O.C8H10O2S.C7H3F2N.C6H13NO.CH2O3.2CH4.3Na.H2O2.H2O.H/c1-26-15-7-10-19(27-2)20(11-15)28-16-8-9-17(21(22)25)18(12-16)23-13-3-5-14(24)6-4-13;1-25-17-8-10-20(26-2)21(11-17)27-18-9-3-14(13-22)19(12-18)23-15-4-6-16(24)7-5-15;14-10-2-1-9(8-15)13(7-10)16-11-3-5-12(17)6-4-11;1-9-6-3-4-7(10-2)8(11)5-6;8-6-2-1-5(4-10)7(9)3-6;7-5-1-3-6(8)4-2-5;2-1-4-3;;;;;;1-2;;/h7-14,23-24H,3-6H2,1-2H3,(H2,22,25);3,8-12,15-16,23-24H,4-7H2,1-2H3;1-2,7,11-12,16-17H,3-6H2;3-5,11H,1-2H3;1-3H;5-6,8H,1-4,7H2;1,3H;2*1H4;;;;1-2H;1H2;/q;;;;;;;;;3*+1;;;-1/p-2. The summed E-state index contributed by atoms with van der Waals surface area (Å²) in [7, 11) is 9.78. The maximum Gasteiger partial charge on any atom is 1.00 e. The van der Waals surface area contributed by atoms with Crippen LogP contribution in [0.3, 0.4) is 0 Å². The normalized spacial score (nSPS) is 17.7. The van der Waals surface area contributed by atoms with Gasteiger partial charge >= 0.3 is 88.7 Å². The first-order valence-corrected chi connectivity index (χ1v) is 36.0. The first kappa shape index (κ1) is 111. The predicted octanol–water partition coefficient (Wildman–Crippen LogP) is 3.43. The van der Waals surface area contributed by atoms with E-state index < -0.39 is 17.5 Å². The number of amides is 1. The number of rotatable bonds is 18. The fourth-order valence-corrected chi connectivity index (χ4v) is 13.5. The van der Waals surface area contributed by atoms with E-state index in [0.29, 0.717) is 34.5 Å². The molecule has 1 amide bonds. The fraction of sp³-hybridized carbons (Fsp3) is 0.405. The van der Waals surface area contributed by atoms with Gasteiger partial charge in [0.15, 0.2) is 0 Å². The topological polar surface area (TPSA) is 437 Å². The number of hydrogen-bond donors (Lipinski definition) is 11. The molecule has 0 radical (unpaired) electrons. The summed E-state index contributed by atoms with van der Waals surface area (Å²) in [5.41, 5.74) is 14.7. The van der Waals surface area contributed by atoms with E-state index >= 15 is 0 Å². The van der Waals surface area contributed by atoms with E-state index in [4.69, 9.17) is 76.1 Å². The number of anilines is 3. The molecule has 34 heteroatoms. The minimum atomic E-state index is -0.817. The van der Waals surface area contributed by atoms with Gasteiger partial charge in [0.1, 0.15) is 70.2 Å². The summed E-state index contributed by atoms with van der Waals surface area (Å²) in [6.45, 7) is -0.181. The number of nitrogens with one attached hydrogen (secondary N) is 3. The van der Waals surface area contributed by atoms with Gasteiger partial charge in [0, 0.05) is 50.6 Å². The van der Waals surface area contributed by atoms with Crippen molar-refractivity contribution in [2.75, 3.05) is 58.6 Å². The third kappa shape index (κ3) is 40.4. The molecule has 0 bridgehead atoms. The number of primary amides is 1. The van der Waals surface area contributed by atoms with Crippen LogP contribution >= 0.6 is 36.2 Å². The van der Waals surface area contributed by atoms with Gasteiger partial charge in [-0.15, -0.1) is 12.6 Å². The first-order chi connectivity index (χ1) is 51.5. The molecular formula is C79H104F3N8Na3O17S3. The molecule has 0 aliphatic heterocycles. The van der Waals surface area contributed by atoms with Crippen molar-refractivity contribution in [1.29, 1.82) is 15.8 Å². The average Bonchev–Trinajstić information content (AvgIpc) is 0.823. The van der Waals surface area contributed by atoms with Gasteiger partial charge < -0.3 is 104 Å². The van der Waals surface area contributed by atoms with Crippen molar-refractivity contribution in [3.8, 4) is 52.7 Å². The predicted molar refractivity (Wildman–Crippen MR) is 419 cm³/mol. The Kier molecular flexibility index (Phi) is 60.7. The molecule has 4 aliphatic carbocycles. The van der Waals surface area contributed by atoms with Gasteiger partial charge in [0.2, 0.25) is 0 Å². The second-order valence-electron chi connectivity index (χ2n) is 24.4. The van der Waals surface area contributed by atoms with Crippen molar-refractivity contribution in [2.24, 2.45) is 11.5 Å². The zero-order valence-electron chi connectivity index (χ0n) is 64.8. The van der Waals surface area contributed by atoms with Crippen LogP contribution in [0.1, 0.15) is 146 Å². The van der Waals surface area contributed by atoms with Crippen molar-refractivity contribution < 1.29 is 188 Å². The van der Waals surface area contributed by atoms with Crippen molar-refractivity contribution >= 4 is 65.6 Å². The molecule has 113 heavy (non-hydrogen) atoms. The summed E-state index contributed by atoms with van der Waals surface area (Å²) in [5.74, 6) is 2.30. The Hall–Kier alpha value is -6.37. The van der Waals surface area contributed by atoms with Gasteiger partial charge in [-0.3, -0.25) is 9.59 Å². The third-order valence-electron chi connectivity index (χ3n) is 17.1. The van der Waals surface area contributed by atoms with E-state index in [2.05, 4.69) is 39.5 Å². The maximum absolute atomic E-state index is 13.1. The van der Waals surface area contributed by atoms with Crippen LogP contribution in [0, 0.1) is 51.4 Å². The van der Waals surface area contributed by atoms with E-state index in [1.807, 2.05) is 91.0 Å². The molecule has 0 atom stereocenters.